The normalized spacial score (nSPS) is 14.7. The molecule has 0 spiro atoms. The Labute approximate surface area is 222 Å². The lowest BCUT2D eigenvalue weighted by molar-refractivity contribution is 0.301. The zero-order valence-corrected chi connectivity index (χ0v) is 22.0. The number of ether oxygens (including phenoxy) is 2. The molecule has 1 aliphatic rings. The molecule has 5 rings (SSSR count). The second kappa shape index (κ2) is 9.73. The average molecular weight is 562 g/mol. The third kappa shape index (κ3) is 4.34. The SMILES string of the molecule is Cc1cccc(-n2nc(C)c3c2OC(N)=C(C#N)[C@@H]3c2cc(Br)ccc2OCc2ccccc2Cl)c1. The smallest absolute Gasteiger partial charge is 0.229 e. The van der Waals surface area contributed by atoms with E-state index < -0.39 is 5.92 Å². The van der Waals surface area contributed by atoms with Gasteiger partial charge in [-0.25, -0.2) is 4.68 Å². The highest BCUT2D eigenvalue weighted by molar-refractivity contribution is 9.10. The number of aromatic nitrogens is 2. The summed E-state index contributed by atoms with van der Waals surface area (Å²) in [6, 6.07) is 23.5. The lowest BCUT2D eigenvalue weighted by atomic mass is 9.83. The van der Waals surface area contributed by atoms with Gasteiger partial charge in [0.15, 0.2) is 0 Å². The Morgan fingerprint density at radius 2 is 1.94 bits per heavy atom. The Bertz CT molecular complexity index is 1550. The third-order valence-corrected chi connectivity index (χ3v) is 6.96. The van der Waals surface area contributed by atoms with E-state index in [1.807, 2.05) is 80.6 Å². The van der Waals surface area contributed by atoms with Gasteiger partial charge in [0.05, 0.1) is 22.9 Å². The van der Waals surface area contributed by atoms with Crippen LogP contribution in [0.5, 0.6) is 11.6 Å². The van der Waals surface area contributed by atoms with Crippen molar-refractivity contribution in [3.05, 3.63) is 116 Å². The van der Waals surface area contributed by atoms with Gasteiger partial charge >= 0.3 is 0 Å². The Hall–Kier alpha value is -3.73. The van der Waals surface area contributed by atoms with Crippen molar-refractivity contribution in [3.63, 3.8) is 0 Å². The molecule has 0 unspecified atom stereocenters. The van der Waals surface area contributed by atoms with E-state index in [1.165, 1.54) is 0 Å². The predicted octanol–water partition coefficient (Wildman–Crippen LogP) is 6.70. The van der Waals surface area contributed by atoms with Crippen LogP contribution in [0.1, 0.15) is 33.9 Å². The molecule has 3 aromatic carbocycles. The van der Waals surface area contributed by atoms with Crippen molar-refractivity contribution in [3.8, 4) is 23.4 Å². The monoisotopic (exact) mass is 560 g/mol. The number of halogens is 2. The molecule has 0 fully saturated rings. The molecule has 0 saturated carbocycles. The molecule has 1 aliphatic heterocycles. The molecular weight excluding hydrogens is 540 g/mol. The molecule has 180 valence electrons. The Kier molecular flexibility index (Phi) is 6.48. The lowest BCUT2D eigenvalue weighted by Gasteiger charge is -2.26. The number of hydrogen-bond acceptors (Lipinski definition) is 5. The summed E-state index contributed by atoms with van der Waals surface area (Å²) in [6.45, 7) is 4.19. The molecule has 1 atom stereocenters. The van der Waals surface area contributed by atoms with Crippen LogP contribution in [0.2, 0.25) is 5.02 Å². The summed E-state index contributed by atoms with van der Waals surface area (Å²) < 4.78 is 14.8. The number of nitrogens with zero attached hydrogens (tertiary/aromatic N) is 3. The highest BCUT2D eigenvalue weighted by atomic mass is 79.9. The van der Waals surface area contributed by atoms with Crippen molar-refractivity contribution in [1.29, 1.82) is 5.26 Å². The number of fused-ring (bicyclic) bond motifs is 1. The summed E-state index contributed by atoms with van der Waals surface area (Å²) in [6.07, 6.45) is 0. The van der Waals surface area contributed by atoms with Crippen LogP contribution in [0.15, 0.2) is 82.7 Å². The van der Waals surface area contributed by atoms with Gasteiger partial charge in [-0.15, -0.1) is 0 Å². The van der Waals surface area contributed by atoms with Crippen LogP contribution in [0.3, 0.4) is 0 Å². The summed E-state index contributed by atoms with van der Waals surface area (Å²) in [4.78, 5) is 0. The van der Waals surface area contributed by atoms with Crippen LogP contribution in [-0.4, -0.2) is 9.78 Å². The van der Waals surface area contributed by atoms with Crippen molar-refractivity contribution in [2.24, 2.45) is 5.73 Å². The maximum absolute atomic E-state index is 10.1. The van der Waals surface area contributed by atoms with Crippen LogP contribution >= 0.6 is 27.5 Å². The molecule has 6 nitrogen and oxygen atoms in total. The van der Waals surface area contributed by atoms with Gasteiger partial charge in [-0.2, -0.15) is 10.4 Å². The maximum atomic E-state index is 10.1. The van der Waals surface area contributed by atoms with E-state index in [0.717, 1.165) is 38.1 Å². The van der Waals surface area contributed by atoms with Crippen LogP contribution < -0.4 is 15.2 Å². The standard InChI is InChI=1S/C28H22BrClN4O2/c1-16-6-5-8-20(12-16)34-28-25(17(2)33-34)26(22(14-31)27(32)36-28)21-13-19(29)10-11-24(21)35-15-18-7-3-4-9-23(18)30/h3-13,26H,15,32H2,1-2H3/t26-/m0/s1. The molecule has 4 aromatic rings. The second-order valence-corrected chi connectivity index (χ2v) is 9.86. The van der Waals surface area contributed by atoms with Crippen molar-refractivity contribution in [2.75, 3.05) is 0 Å². The van der Waals surface area contributed by atoms with E-state index in [9.17, 15) is 5.26 Å². The molecule has 0 amide bonds. The zero-order valence-electron chi connectivity index (χ0n) is 19.6. The van der Waals surface area contributed by atoms with E-state index in [0.29, 0.717) is 22.2 Å². The average Bonchev–Trinajstić information content (AvgIpc) is 3.19. The van der Waals surface area contributed by atoms with Gasteiger partial charge in [0.1, 0.15) is 24.0 Å². The minimum absolute atomic E-state index is 0.0424. The summed E-state index contributed by atoms with van der Waals surface area (Å²) in [7, 11) is 0. The van der Waals surface area contributed by atoms with Gasteiger partial charge in [0.25, 0.3) is 0 Å². The molecule has 36 heavy (non-hydrogen) atoms. The minimum Gasteiger partial charge on any atom is -0.489 e. The highest BCUT2D eigenvalue weighted by Crippen LogP contribution is 2.47. The zero-order chi connectivity index (χ0) is 25.4. The van der Waals surface area contributed by atoms with E-state index in [1.54, 1.807) is 4.68 Å². The van der Waals surface area contributed by atoms with Gasteiger partial charge in [-0.1, -0.05) is 57.9 Å². The maximum Gasteiger partial charge on any atom is 0.229 e. The molecule has 1 aromatic heterocycles. The number of hydrogen-bond donors (Lipinski definition) is 1. The van der Waals surface area contributed by atoms with Crippen molar-refractivity contribution >= 4 is 27.5 Å². The summed E-state index contributed by atoms with van der Waals surface area (Å²) in [5, 5.41) is 15.5. The largest absolute Gasteiger partial charge is 0.489 e. The summed E-state index contributed by atoms with van der Waals surface area (Å²) >= 11 is 9.92. The van der Waals surface area contributed by atoms with Gasteiger partial charge in [0, 0.05) is 20.6 Å². The number of nitriles is 1. The molecular formula is C28H22BrClN4O2. The van der Waals surface area contributed by atoms with Crippen LogP contribution in [-0.2, 0) is 6.61 Å². The van der Waals surface area contributed by atoms with Gasteiger partial charge in [-0.3, -0.25) is 0 Å². The number of rotatable bonds is 5. The molecule has 2 N–H and O–H groups in total. The fourth-order valence-corrected chi connectivity index (χ4v) is 4.98. The van der Waals surface area contributed by atoms with Gasteiger partial charge in [0.2, 0.25) is 11.8 Å². The Morgan fingerprint density at radius 1 is 1.14 bits per heavy atom. The first-order valence-electron chi connectivity index (χ1n) is 11.3. The van der Waals surface area contributed by atoms with Crippen molar-refractivity contribution < 1.29 is 9.47 Å². The van der Waals surface area contributed by atoms with E-state index in [-0.39, 0.29) is 12.5 Å². The second-order valence-electron chi connectivity index (χ2n) is 8.54. The first-order chi connectivity index (χ1) is 17.4. The topological polar surface area (TPSA) is 86.1 Å². The Balaban J connectivity index is 1.65. The molecule has 0 radical (unpaired) electrons. The number of benzene rings is 3. The summed E-state index contributed by atoms with van der Waals surface area (Å²) in [5.74, 6) is 0.604. The van der Waals surface area contributed by atoms with Crippen LogP contribution in [0, 0.1) is 25.2 Å². The molecule has 0 saturated heterocycles. The quantitative estimate of drug-likeness (QED) is 0.293. The first kappa shape index (κ1) is 24.0. The van der Waals surface area contributed by atoms with Gasteiger partial charge in [-0.05, 0) is 55.8 Å². The first-order valence-corrected chi connectivity index (χ1v) is 12.4. The van der Waals surface area contributed by atoms with Crippen molar-refractivity contribution in [2.45, 2.75) is 26.4 Å². The number of allylic oxidation sites excluding steroid dienone is 1. The third-order valence-electron chi connectivity index (χ3n) is 6.10. The van der Waals surface area contributed by atoms with Gasteiger partial charge < -0.3 is 15.2 Å². The number of aryl methyl sites for hydroxylation is 2. The van der Waals surface area contributed by atoms with E-state index in [2.05, 4.69) is 22.0 Å². The van der Waals surface area contributed by atoms with E-state index >= 15 is 0 Å². The number of nitrogens with two attached hydrogens (primary N) is 1. The fraction of sp³-hybridized carbons (Fsp3) is 0.143. The molecule has 8 heteroatoms. The lowest BCUT2D eigenvalue weighted by Crippen LogP contribution is -2.22. The molecule has 0 aliphatic carbocycles. The predicted molar refractivity (Wildman–Crippen MR) is 142 cm³/mol. The highest BCUT2D eigenvalue weighted by Gasteiger charge is 2.37. The molecule has 2 heterocycles. The Morgan fingerprint density at radius 3 is 2.69 bits per heavy atom. The van der Waals surface area contributed by atoms with Crippen LogP contribution in [0.25, 0.3) is 5.69 Å². The van der Waals surface area contributed by atoms with Crippen molar-refractivity contribution in [1.82, 2.24) is 9.78 Å². The molecule has 0 bridgehead atoms. The summed E-state index contributed by atoms with van der Waals surface area (Å²) in [5.41, 5.74) is 11.7. The van der Waals surface area contributed by atoms with Crippen LogP contribution in [0.4, 0.5) is 0 Å². The van der Waals surface area contributed by atoms with E-state index in [4.69, 9.17) is 31.9 Å². The minimum atomic E-state index is -0.531. The fourth-order valence-electron chi connectivity index (χ4n) is 4.41.